The molecule has 0 fully saturated rings. The maximum absolute atomic E-state index is 10.9. The van der Waals surface area contributed by atoms with E-state index in [0.29, 0.717) is 12.2 Å². The minimum atomic E-state index is -0.364. The number of primary amides is 1. The van der Waals surface area contributed by atoms with E-state index in [1.54, 1.807) is 16.7 Å². The number of hydrogen-bond acceptors (Lipinski definition) is 4. The Hall–Kier alpha value is -0.910. The van der Waals surface area contributed by atoms with Crippen molar-refractivity contribution in [2.75, 3.05) is 13.2 Å². The van der Waals surface area contributed by atoms with Crippen molar-refractivity contribution >= 4 is 17.2 Å². The standard InChI is InChI=1S/C12H20N2O2S/c13-12(16)10-7-11(17-9-10)8-14-5-3-1-2-4-6-15/h7,9,14-15H,1-6,8H2,(H2,13,16). The van der Waals surface area contributed by atoms with Crippen LogP contribution in [0.5, 0.6) is 0 Å². The van der Waals surface area contributed by atoms with E-state index in [4.69, 9.17) is 10.8 Å². The van der Waals surface area contributed by atoms with Crippen LogP contribution in [0.2, 0.25) is 0 Å². The summed E-state index contributed by atoms with van der Waals surface area (Å²) in [7, 11) is 0. The molecule has 0 aliphatic carbocycles. The molecular formula is C12H20N2O2S. The molecule has 4 nitrogen and oxygen atoms in total. The highest BCUT2D eigenvalue weighted by Gasteiger charge is 2.03. The fourth-order valence-electron chi connectivity index (χ4n) is 1.53. The summed E-state index contributed by atoms with van der Waals surface area (Å²) in [5.74, 6) is -0.364. The number of hydrogen-bond donors (Lipinski definition) is 3. The molecular weight excluding hydrogens is 236 g/mol. The van der Waals surface area contributed by atoms with Crippen LogP contribution in [0.1, 0.15) is 40.9 Å². The molecule has 0 saturated carbocycles. The molecule has 0 radical (unpaired) electrons. The number of aliphatic hydroxyl groups is 1. The van der Waals surface area contributed by atoms with Crippen LogP contribution < -0.4 is 11.1 Å². The van der Waals surface area contributed by atoms with Crippen molar-refractivity contribution in [2.24, 2.45) is 5.73 Å². The van der Waals surface area contributed by atoms with E-state index in [1.807, 2.05) is 6.07 Å². The minimum Gasteiger partial charge on any atom is -0.396 e. The van der Waals surface area contributed by atoms with E-state index in [9.17, 15) is 4.79 Å². The molecule has 0 unspecified atom stereocenters. The van der Waals surface area contributed by atoms with Gasteiger partial charge >= 0.3 is 0 Å². The number of amides is 1. The quantitative estimate of drug-likeness (QED) is 0.586. The van der Waals surface area contributed by atoms with Gasteiger partial charge in [0.2, 0.25) is 5.91 Å². The van der Waals surface area contributed by atoms with Crippen LogP contribution in [0.15, 0.2) is 11.4 Å². The van der Waals surface area contributed by atoms with Crippen molar-refractivity contribution in [2.45, 2.75) is 32.2 Å². The Morgan fingerprint density at radius 3 is 2.76 bits per heavy atom. The summed E-state index contributed by atoms with van der Waals surface area (Å²) in [6.07, 6.45) is 4.24. The van der Waals surface area contributed by atoms with Gasteiger partial charge in [-0.2, -0.15) is 0 Å². The SMILES string of the molecule is NC(=O)c1csc(CNCCCCCCO)c1. The number of unbranched alkanes of at least 4 members (excludes halogenated alkanes) is 3. The molecule has 5 heteroatoms. The molecule has 0 bridgehead atoms. The smallest absolute Gasteiger partial charge is 0.249 e. The third-order valence-electron chi connectivity index (χ3n) is 2.50. The second-order valence-corrected chi connectivity index (χ2v) is 4.98. The molecule has 4 N–H and O–H groups in total. The molecule has 0 aromatic carbocycles. The van der Waals surface area contributed by atoms with Gasteiger partial charge in [0.05, 0.1) is 5.56 Å². The highest BCUT2D eigenvalue weighted by molar-refractivity contribution is 7.10. The van der Waals surface area contributed by atoms with Gasteiger partial charge in [-0.25, -0.2) is 0 Å². The van der Waals surface area contributed by atoms with Crippen LogP contribution in [0, 0.1) is 0 Å². The first kappa shape index (κ1) is 14.2. The monoisotopic (exact) mass is 256 g/mol. The Kier molecular flexibility index (Phi) is 6.84. The molecule has 1 amide bonds. The number of carbonyl (C=O) groups excluding carboxylic acids is 1. The van der Waals surface area contributed by atoms with Crippen molar-refractivity contribution in [3.8, 4) is 0 Å². The van der Waals surface area contributed by atoms with E-state index in [2.05, 4.69) is 5.32 Å². The zero-order valence-electron chi connectivity index (χ0n) is 9.95. The lowest BCUT2D eigenvalue weighted by Crippen LogP contribution is -2.14. The number of nitrogens with two attached hydrogens (primary N) is 1. The predicted octanol–water partition coefficient (Wildman–Crippen LogP) is 1.49. The maximum Gasteiger partial charge on any atom is 0.249 e. The highest BCUT2D eigenvalue weighted by Crippen LogP contribution is 2.13. The average molecular weight is 256 g/mol. The molecule has 1 aromatic rings. The lowest BCUT2D eigenvalue weighted by molar-refractivity contribution is 0.100. The van der Waals surface area contributed by atoms with Crippen LogP contribution in [-0.2, 0) is 6.54 Å². The van der Waals surface area contributed by atoms with E-state index in [1.165, 1.54) is 0 Å². The maximum atomic E-state index is 10.9. The topological polar surface area (TPSA) is 75.4 Å². The van der Waals surface area contributed by atoms with Crippen molar-refractivity contribution in [3.05, 3.63) is 21.9 Å². The van der Waals surface area contributed by atoms with Gasteiger partial charge in [0.15, 0.2) is 0 Å². The van der Waals surface area contributed by atoms with E-state index in [0.717, 1.165) is 43.6 Å². The molecule has 0 saturated heterocycles. The van der Waals surface area contributed by atoms with Crippen molar-refractivity contribution in [1.82, 2.24) is 5.32 Å². The van der Waals surface area contributed by atoms with Crippen molar-refractivity contribution in [3.63, 3.8) is 0 Å². The molecule has 1 heterocycles. The van der Waals surface area contributed by atoms with Gasteiger partial charge in [0, 0.05) is 23.4 Å². The summed E-state index contributed by atoms with van der Waals surface area (Å²) in [4.78, 5) is 12.0. The first-order valence-electron chi connectivity index (χ1n) is 5.93. The summed E-state index contributed by atoms with van der Waals surface area (Å²) < 4.78 is 0. The zero-order chi connectivity index (χ0) is 12.5. The normalized spacial score (nSPS) is 10.6. The van der Waals surface area contributed by atoms with E-state index < -0.39 is 0 Å². The predicted molar refractivity (Wildman–Crippen MR) is 70.1 cm³/mol. The Morgan fingerprint density at radius 2 is 2.12 bits per heavy atom. The highest BCUT2D eigenvalue weighted by atomic mass is 32.1. The molecule has 96 valence electrons. The summed E-state index contributed by atoms with van der Waals surface area (Å²) in [6, 6.07) is 1.84. The minimum absolute atomic E-state index is 0.290. The van der Waals surface area contributed by atoms with Gasteiger partial charge in [0.25, 0.3) is 0 Å². The van der Waals surface area contributed by atoms with Crippen LogP contribution >= 0.6 is 11.3 Å². The van der Waals surface area contributed by atoms with Crippen molar-refractivity contribution < 1.29 is 9.90 Å². The fourth-order valence-corrected chi connectivity index (χ4v) is 2.37. The van der Waals surface area contributed by atoms with Crippen molar-refractivity contribution in [1.29, 1.82) is 0 Å². The first-order valence-corrected chi connectivity index (χ1v) is 6.81. The van der Waals surface area contributed by atoms with Gasteiger partial charge in [0.1, 0.15) is 0 Å². The van der Waals surface area contributed by atoms with Crippen LogP contribution in [-0.4, -0.2) is 24.2 Å². The molecule has 0 atom stereocenters. The van der Waals surface area contributed by atoms with E-state index in [-0.39, 0.29) is 5.91 Å². The number of nitrogens with one attached hydrogen (secondary N) is 1. The molecule has 17 heavy (non-hydrogen) atoms. The average Bonchev–Trinajstić information content (AvgIpc) is 2.77. The third-order valence-corrected chi connectivity index (χ3v) is 3.44. The Labute approximate surface area is 106 Å². The molecule has 1 aromatic heterocycles. The summed E-state index contributed by atoms with van der Waals surface area (Å²) in [6.45, 7) is 2.05. The fraction of sp³-hybridized carbons (Fsp3) is 0.583. The Balaban J connectivity index is 2.07. The number of carbonyl (C=O) groups is 1. The van der Waals surface area contributed by atoms with Gasteiger partial charge in [-0.05, 0) is 25.5 Å². The van der Waals surface area contributed by atoms with Crippen LogP contribution in [0.25, 0.3) is 0 Å². The first-order chi connectivity index (χ1) is 8.24. The van der Waals surface area contributed by atoms with E-state index >= 15 is 0 Å². The summed E-state index contributed by atoms with van der Waals surface area (Å²) >= 11 is 1.55. The number of rotatable bonds is 9. The third kappa shape index (κ3) is 5.81. The van der Waals surface area contributed by atoms with Crippen LogP contribution in [0.3, 0.4) is 0 Å². The lowest BCUT2D eigenvalue weighted by Gasteiger charge is -2.02. The second kappa shape index (κ2) is 8.22. The summed E-state index contributed by atoms with van der Waals surface area (Å²) in [5.41, 5.74) is 5.77. The van der Waals surface area contributed by atoms with Gasteiger partial charge in [-0.3, -0.25) is 4.79 Å². The van der Waals surface area contributed by atoms with Gasteiger partial charge < -0.3 is 16.2 Å². The molecule has 0 aliphatic heterocycles. The number of thiophene rings is 1. The largest absolute Gasteiger partial charge is 0.396 e. The second-order valence-electron chi connectivity index (χ2n) is 3.98. The zero-order valence-corrected chi connectivity index (χ0v) is 10.8. The van der Waals surface area contributed by atoms with Gasteiger partial charge in [-0.15, -0.1) is 11.3 Å². The molecule has 0 spiro atoms. The van der Waals surface area contributed by atoms with Crippen LogP contribution in [0.4, 0.5) is 0 Å². The summed E-state index contributed by atoms with van der Waals surface area (Å²) in [5, 5.41) is 13.7. The Bertz CT molecular complexity index is 339. The van der Waals surface area contributed by atoms with Gasteiger partial charge in [-0.1, -0.05) is 12.8 Å². The lowest BCUT2D eigenvalue weighted by atomic mass is 10.2. The number of aliphatic hydroxyl groups excluding tert-OH is 1. The molecule has 1 rings (SSSR count). The molecule has 0 aliphatic rings. The Morgan fingerprint density at radius 1 is 1.35 bits per heavy atom.